The third kappa shape index (κ3) is 7.56. The molecule has 0 radical (unpaired) electrons. The standard InChI is InChI=1S/C24H30O3S2/c1-15-9-16(2)12-20(11-15)28-23(8-7-22(19(5)25)24(26)27-6)29-21-13-17(3)10-18(4)14-21/h9-14,22-23H,7-8H2,1-6H3. The summed E-state index contributed by atoms with van der Waals surface area (Å²) in [6.07, 6.45) is 1.22. The average Bonchev–Trinajstić information content (AvgIpc) is 2.59. The summed E-state index contributed by atoms with van der Waals surface area (Å²) in [6.45, 7) is 9.88. The van der Waals surface area contributed by atoms with Crippen molar-refractivity contribution in [1.29, 1.82) is 0 Å². The first-order chi connectivity index (χ1) is 13.7. The lowest BCUT2D eigenvalue weighted by atomic mass is 10.00. The van der Waals surface area contributed by atoms with Crippen LogP contribution in [-0.4, -0.2) is 23.4 Å². The van der Waals surface area contributed by atoms with Gasteiger partial charge in [0.1, 0.15) is 11.7 Å². The van der Waals surface area contributed by atoms with Gasteiger partial charge in [-0.25, -0.2) is 0 Å². The van der Waals surface area contributed by atoms with Crippen LogP contribution in [0.3, 0.4) is 0 Å². The topological polar surface area (TPSA) is 43.4 Å². The molecular weight excluding hydrogens is 400 g/mol. The van der Waals surface area contributed by atoms with Gasteiger partial charge < -0.3 is 4.74 Å². The summed E-state index contributed by atoms with van der Waals surface area (Å²) in [5.74, 6) is -1.27. The fraction of sp³-hybridized carbons (Fsp3) is 0.417. The summed E-state index contributed by atoms with van der Waals surface area (Å²) >= 11 is 3.59. The Bertz CT molecular complexity index is 782. The van der Waals surface area contributed by atoms with Crippen molar-refractivity contribution < 1.29 is 14.3 Å². The molecule has 29 heavy (non-hydrogen) atoms. The predicted octanol–water partition coefficient (Wildman–Crippen LogP) is 6.29. The van der Waals surface area contributed by atoms with Crippen LogP contribution in [0.4, 0.5) is 0 Å². The first-order valence-electron chi connectivity index (χ1n) is 9.76. The van der Waals surface area contributed by atoms with E-state index in [0.29, 0.717) is 6.42 Å². The molecule has 2 aromatic carbocycles. The molecule has 0 heterocycles. The van der Waals surface area contributed by atoms with E-state index in [2.05, 4.69) is 64.1 Å². The number of methoxy groups -OCH3 is 1. The first kappa shape index (κ1) is 23.6. The highest BCUT2D eigenvalue weighted by molar-refractivity contribution is 8.17. The minimum absolute atomic E-state index is 0.136. The van der Waals surface area contributed by atoms with Crippen LogP contribution < -0.4 is 0 Å². The number of aryl methyl sites for hydroxylation is 4. The molecule has 0 aliphatic heterocycles. The van der Waals surface area contributed by atoms with Gasteiger partial charge in [-0.05, 0) is 94.0 Å². The summed E-state index contributed by atoms with van der Waals surface area (Å²) in [5, 5.41) is 0. The largest absolute Gasteiger partial charge is 0.468 e. The van der Waals surface area contributed by atoms with Gasteiger partial charge >= 0.3 is 5.97 Å². The smallest absolute Gasteiger partial charge is 0.316 e. The van der Waals surface area contributed by atoms with Crippen LogP contribution in [0.5, 0.6) is 0 Å². The highest BCUT2D eigenvalue weighted by Crippen LogP contribution is 2.40. The van der Waals surface area contributed by atoms with Crippen molar-refractivity contribution >= 4 is 35.3 Å². The lowest BCUT2D eigenvalue weighted by Gasteiger charge is -2.20. The van der Waals surface area contributed by atoms with Crippen molar-refractivity contribution in [3.8, 4) is 0 Å². The zero-order chi connectivity index (χ0) is 21.6. The van der Waals surface area contributed by atoms with Crippen LogP contribution in [0, 0.1) is 33.6 Å². The van der Waals surface area contributed by atoms with Crippen LogP contribution in [-0.2, 0) is 14.3 Å². The van der Waals surface area contributed by atoms with Crippen molar-refractivity contribution in [3.05, 3.63) is 58.7 Å². The van der Waals surface area contributed by atoms with Gasteiger partial charge in [0.15, 0.2) is 0 Å². The van der Waals surface area contributed by atoms with Crippen molar-refractivity contribution in [2.75, 3.05) is 7.11 Å². The van der Waals surface area contributed by atoms with Gasteiger partial charge in [-0.15, -0.1) is 23.5 Å². The highest BCUT2D eigenvalue weighted by atomic mass is 32.2. The van der Waals surface area contributed by atoms with Crippen LogP contribution >= 0.6 is 23.5 Å². The van der Waals surface area contributed by atoms with E-state index < -0.39 is 11.9 Å². The Morgan fingerprint density at radius 3 is 1.55 bits per heavy atom. The van der Waals surface area contributed by atoms with Crippen LogP contribution in [0.1, 0.15) is 42.0 Å². The number of carbonyl (C=O) groups excluding carboxylic acids is 2. The molecule has 0 aliphatic carbocycles. The molecule has 0 aromatic heterocycles. The molecular formula is C24H30O3S2. The van der Waals surface area contributed by atoms with Crippen molar-refractivity contribution in [2.45, 2.75) is 61.8 Å². The Morgan fingerprint density at radius 1 is 0.793 bits per heavy atom. The van der Waals surface area contributed by atoms with Crippen LogP contribution in [0.15, 0.2) is 46.2 Å². The number of ketones is 1. The van der Waals surface area contributed by atoms with Gasteiger partial charge in [0, 0.05) is 9.79 Å². The lowest BCUT2D eigenvalue weighted by Crippen LogP contribution is -2.24. The second-order valence-corrected chi connectivity index (χ2v) is 10.4. The number of esters is 1. The Kier molecular flexibility index (Phi) is 8.84. The quantitative estimate of drug-likeness (QED) is 0.202. The molecule has 0 amide bonds. The molecule has 0 saturated heterocycles. The molecule has 1 unspecified atom stereocenters. The molecule has 2 aromatic rings. The van der Waals surface area contributed by atoms with Crippen molar-refractivity contribution in [1.82, 2.24) is 0 Å². The molecule has 0 spiro atoms. The minimum atomic E-state index is -0.692. The molecule has 0 bridgehead atoms. The second kappa shape index (κ2) is 10.9. The number of Topliss-reactive ketones (excluding diaryl/α,β-unsaturated/α-hetero) is 1. The first-order valence-corrected chi connectivity index (χ1v) is 11.5. The third-order valence-corrected chi connectivity index (χ3v) is 7.18. The van der Waals surface area contributed by atoms with Crippen molar-refractivity contribution in [3.63, 3.8) is 0 Å². The van der Waals surface area contributed by atoms with E-state index in [1.54, 1.807) is 23.5 Å². The molecule has 1 atom stereocenters. The Balaban J connectivity index is 2.23. The molecule has 2 rings (SSSR count). The van der Waals surface area contributed by atoms with E-state index in [-0.39, 0.29) is 10.4 Å². The monoisotopic (exact) mass is 430 g/mol. The van der Waals surface area contributed by atoms with Gasteiger partial charge in [-0.1, -0.05) is 12.1 Å². The fourth-order valence-corrected chi connectivity index (χ4v) is 6.37. The Morgan fingerprint density at radius 2 is 1.21 bits per heavy atom. The normalized spacial score (nSPS) is 12.1. The van der Waals surface area contributed by atoms with Gasteiger partial charge in [0.25, 0.3) is 0 Å². The summed E-state index contributed by atoms with van der Waals surface area (Å²) in [5.41, 5.74) is 4.94. The highest BCUT2D eigenvalue weighted by Gasteiger charge is 2.26. The van der Waals surface area contributed by atoms with Gasteiger partial charge in [0.05, 0.1) is 11.7 Å². The van der Waals surface area contributed by atoms with Gasteiger partial charge in [-0.3, -0.25) is 9.59 Å². The SMILES string of the molecule is COC(=O)C(CCC(Sc1cc(C)cc(C)c1)Sc1cc(C)cc(C)c1)C(C)=O. The number of carbonyl (C=O) groups is 2. The van der Waals surface area contributed by atoms with E-state index in [1.165, 1.54) is 46.1 Å². The van der Waals surface area contributed by atoms with E-state index in [9.17, 15) is 9.59 Å². The van der Waals surface area contributed by atoms with Crippen molar-refractivity contribution in [2.24, 2.45) is 5.92 Å². The summed E-state index contributed by atoms with van der Waals surface area (Å²) in [6, 6.07) is 13.1. The van der Waals surface area contributed by atoms with Gasteiger partial charge in [-0.2, -0.15) is 0 Å². The van der Waals surface area contributed by atoms with E-state index in [1.807, 2.05) is 0 Å². The summed E-state index contributed by atoms with van der Waals surface area (Å²) in [7, 11) is 1.34. The number of hydrogen-bond donors (Lipinski definition) is 0. The number of rotatable bonds is 9. The zero-order valence-corrected chi connectivity index (χ0v) is 19.7. The molecule has 0 saturated carbocycles. The second-order valence-electron chi connectivity index (χ2n) is 7.58. The molecule has 5 heteroatoms. The third-order valence-electron chi connectivity index (χ3n) is 4.59. The summed E-state index contributed by atoms with van der Waals surface area (Å²) in [4.78, 5) is 26.4. The maximum absolute atomic E-state index is 12.0. The molecule has 0 fully saturated rings. The molecule has 156 valence electrons. The zero-order valence-electron chi connectivity index (χ0n) is 18.1. The average molecular weight is 431 g/mol. The van der Waals surface area contributed by atoms with E-state index in [0.717, 1.165) is 6.42 Å². The predicted molar refractivity (Wildman–Crippen MR) is 123 cm³/mol. The van der Waals surface area contributed by atoms with Crippen LogP contribution in [0.25, 0.3) is 0 Å². The Labute approximate surface area is 183 Å². The van der Waals surface area contributed by atoms with Crippen LogP contribution in [0.2, 0.25) is 0 Å². The van der Waals surface area contributed by atoms with Gasteiger partial charge in [0.2, 0.25) is 0 Å². The molecule has 3 nitrogen and oxygen atoms in total. The number of ether oxygens (including phenoxy) is 1. The van der Waals surface area contributed by atoms with E-state index in [4.69, 9.17) is 4.74 Å². The Hall–Kier alpha value is -1.72. The fourth-order valence-electron chi connectivity index (χ4n) is 3.38. The number of thioether (sulfide) groups is 2. The minimum Gasteiger partial charge on any atom is -0.468 e. The number of benzene rings is 2. The summed E-state index contributed by atoms with van der Waals surface area (Å²) < 4.78 is 5.02. The number of hydrogen-bond acceptors (Lipinski definition) is 5. The molecule has 0 N–H and O–H groups in total. The molecule has 0 aliphatic rings. The van der Waals surface area contributed by atoms with E-state index >= 15 is 0 Å². The lowest BCUT2D eigenvalue weighted by molar-refractivity contribution is -0.149. The maximum Gasteiger partial charge on any atom is 0.316 e. The maximum atomic E-state index is 12.0.